The number of thiazole rings is 1. The van der Waals surface area contributed by atoms with Crippen LogP contribution in [0.25, 0.3) is 10.2 Å². The molecule has 0 bridgehead atoms. The molecule has 0 aliphatic carbocycles. The molecular formula is C11H11NOS2. The zero-order valence-electron chi connectivity index (χ0n) is 8.30. The fraction of sp³-hybridized carbons (Fsp3) is 0.182. The third-order valence-corrected chi connectivity index (χ3v) is 4.00. The Kier molecular flexibility index (Phi) is 3.28. The number of aromatic nitrogens is 1. The molecular weight excluding hydrogens is 226 g/mol. The van der Waals surface area contributed by atoms with Gasteiger partial charge in [0.25, 0.3) is 0 Å². The van der Waals surface area contributed by atoms with Gasteiger partial charge in [0.05, 0.1) is 10.2 Å². The van der Waals surface area contributed by atoms with Crippen molar-refractivity contribution in [3.63, 3.8) is 0 Å². The van der Waals surface area contributed by atoms with Gasteiger partial charge >= 0.3 is 0 Å². The maximum atomic E-state index is 9.31. The molecule has 1 heterocycles. The summed E-state index contributed by atoms with van der Waals surface area (Å²) in [5.41, 5.74) is 0.959. The summed E-state index contributed by atoms with van der Waals surface area (Å²) in [6.07, 6.45) is 4.14. The number of aromatic hydroxyl groups is 1. The molecule has 0 atom stereocenters. The van der Waals surface area contributed by atoms with Gasteiger partial charge in [-0.1, -0.05) is 23.9 Å². The molecule has 0 saturated carbocycles. The van der Waals surface area contributed by atoms with Crippen molar-refractivity contribution >= 4 is 33.3 Å². The van der Waals surface area contributed by atoms with Crippen LogP contribution < -0.4 is 0 Å². The first kappa shape index (κ1) is 10.5. The maximum absolute atomic E-state index is 9.31. The van der Waals surface area contributed by atoms with E-state index in [1.165, 1.54) is 0 Å². The predicted octanol–water partition coefficient (Wildman–Crippen LogP) is 3.67. The van der Waals surface area contributed by atoms with Crippen LogP contribution in [0.4, 0.5) is 0 Å². The highest BCUT2D eigenvalue weighted by atomic mass is 32.2. The Morgan fingerprint density at radius 1 is 1.53 bits per heavy atom. The van der Waals surface area contributed by atoms with E-state index in [4.69, 9.17) is 0 Å². The molecule has 0 aliphatic heterocycles. The lowest BCUT2D eigenvalue weighted by molar-refractivity contribution is 0.476. The van der Waals surface area contributed by atoms with Crippen LogP contribution in [0.2, 0.25) is 0 Å². The van der Waals surface area contributed by atoms with Crippen molar-refractivity contribution in [3.8, 4) is 5.75 Å². The normalized spacial score (nSPS) is 11.5. The minimum atomic E-state index is 0.302. The van der Waals surface area contributed by atoms with Crippen molar-refractivity contribution in [1.82, 2.24) is 4.98 Å². The van der Waals surface area contributed by atoms with Gasteiger partial charge in [0.2, 0.25) is 0 Å². The van der Waals surface area contributed by atoms with E-state index in [1.807, 2.05) is 19.1 Å². The smallest absolute Gasteiger partial charge is 0.151 e. The minimum absolute atomic E-state index is 0.302. The van der Waals surface area contributed by atoms with Crippen molar-refractivity contribution in [2.75, 3.05) is 5.75 Å². The van der Waals surface area contributed by atoms with Gasteiger partial charge in [-0.05, 0) is 25.1 Å². The Labute approximate surface area is 96.7 Å². The first-order valence-electron chi connectivity index (χ1n) is 4.63. The van der Waals surface area contributed by atoms with Crippen LogP contribution in [0.5, 0.6) is 5.75 Å². The number of allylic oxidation sites excluding steroid dienone is 1. The van der Waals surface area contributed by atoms with Gasteiger partial charge in [-0.2, -0.15) is 0 Å². The lowest BCUT2D eigenvalue weighted by atomic mass is 10.3. The van der Waals surface area contributed by atoms with Gasteiger partial charge in [0.15, 0.2) is 4.34 Å². The molecule has 0 fully saturated rings. The van der Waals surface area contributed by atoms with E-state index in [-0.39, 0.29) is 0 Å². The molecule has 1 N–H and O–H groups in total. The zero-order chi connectivity index (χ0) is 10.7. The third kappa shape index (κ3) is 2.52. The molecule has 15 heavy (non-hydrogen) atoms. The van der Waals surface area contributed by atoms with Crippen LogP contribution >= 0.6 is 23.1 Å². The summed E-state index contributed by atoms with van der Waals surface area (Å²) in [6.45, 7) is 2.01. The van der Waals surface area contributed by atoms with Crippen LogP contribution in [-0.4, -0.2) is 15.8 Å². The summed E-state index contributed by atoms with van der Waals surface area (Å²) in [6, 6.07) is 5.27. The van der Waals surface area contributed by atoms with Gasteiger partial charge < -0.3 is 5.11 Å². The van der Waals surface area contributed by atoms with Crippen molar-refractivity contribution < 1.29 is 5.11 Å². The van der Waals surface area contributed by atoms with E-state index >= 15 is 0 Å². The first-order chi connectivity index (χ1) is 7.29. The number of benzene rings is 1. The lowest BCUT2D eigenvalue weighted by Crippen LogP contribution is -1.71. The molecule has 78 valence electrons. The molecule has 2 rings (SSSR count). The average Bonchev–Trinajstić information content (AvgIpc) is 2.60. The van der Waals surface area contributed by atoms with Crippen molar-refractivity contribution in [1.29, 1.82) is 0 Å². The highest BCUT2D eigenvalue weighted by molar-refractivity contribution is 8.01. The molecule has 0 radical (unpaired) electrons. The van der Waals surface area contributed by atoms with Crippen molar-refractivity contribution in [3.05, 3.63) is 30.4 Å². The molecule has 0 saturated heterocycles. The molecule has 0 spiro atoms. The number of phenols is 1. The highest BCUT2D eigenvalue weighted by Crippen LogP contribution is 2.31. The Morgan fingerprint density at radius 3 is 3.20 bits per heavy atom. The molecule has 2 nitrogen and oxygen atoms in total. The van der Waals surface area contributed by atoms with Crippen LogP contribution in [0.1, 0.15) is 6.92 Å². The fourth-order valence-electron chi connectivity index (χ4n) is 1.17. The van der Waals surface area contributed by atoms with Crippen LogP contribution in [0.15, 0.2) is 34.7 Å². The Bertz CT molecular complexity index is 490. The number of hydrogen-bond donors (Lipinski definition) is 1. The van der Waals surface area contributed by atoms with E-state index in [0.29, 0.717) is 5.75 Å². The zero-order valence-corrected chi connectivity index (χ0v) is 9.94. The van der Waals surface area contributed by atoms with E-state index in [1.54, 1.807) is 35.2 Å². The molecule has 0 unspecified atom stereocenters. The Hall–Kier alpha value is -1.000. The van der Waals surface area contributed by atoms with Crippen LogP contribution in [-0.2, 0) is 0 Å². The number of nitrogens with zero attached hydrogens (tertiary/aromatic N) is 1. The van der Waals surface area contributed by atoms with E-state index < -0.39 is 0 Å². The van der Waals surface area contributed by atoms with Gasteiger partial charge in [-0.15, -0.1) is 11.3 Å². The second-order valence-electron chi connectivity index (χ2n) is 3.01. The maximum Gasteiger partial charge on any atom is 0.151 e. The number of thioether (sulfide) groups is 1. The summed E-state index contributed by atoms with van der Waals surface area (Å²) in [5, 5.41) is 9.31. The molecule has 0 aliphatic rings. The molecule has 0 amide bonds. The number of phenolic OH excluding ortho intramolecular Hbond substituents is 1. The molecule has 2 aromatic rings. The number of rotatable bonds is 3. The summed E-state index contributed by atoms with van der Waals surface area (Å²) >= 11 is 3.34. The minimum Gasteiger partial charge on any atom is -0.508 e. The largest absolute Gasteiger partial charge is 0.508 e. The predicted molar refractivity (Wildman–Crippen MR) is 66.8 cm³/mol. The second kappa shape index (κ2) is 4.68. The highest BCUT2D eigenvalue weighted by Gasteiger charge is 2.03. The lowest BCUT2D eigenvalue weighted by Gasteiger charge is -1.87. The quantitative estimate of drug-likeness (QED) is 0.653. The molecule has 1 aromatic carbocycles. The second-order valence-corrected chi connectivity index (χ2v) is 5.31. The van der Waals surface area contributed by atoms with E-state index in [0.717, 1.165) is 20.3 Å². The Morgan fingerprint density at radius 2 is 2.40 bits per heavy atom. The standard InChI is InChI=1S/C11H11NOS2/c1-2-3-6-14-11-12-9-5-4-8(13)7-10(9)15-11/h2-5,7,13H,6H2,1H3. The van der Waals surface area contributed by atoms with Gasteiger partial charge in [0, 0.05) is 5.75 Å². The fourth-order valence-corrected chi connectivity index (χ4v) is 3.20. The number of fused-ring (bicyclic) bond motifs is 1. The van der Waals surface area contributed by atoms with E-state index in [2.05, 4.69) is 11.1 Å². The average molecular weight is 237 g/mol. The summed E-state index contributed by atoms with van der Waals surface area (Å²) < 4.78 is 2.09. The topological polar surface area (TPSA) is 33.1 Å². The van der Waals surface area contributed by atoms with Gasteiger partial charge in [0.1, 0.15) is 5.75 Å². The van der Waals surface area contributed by atoms with Gasteiger partial charge in [-0.25, -0.2) is 4.98 Å². The molecule has 1 aromatic heterocycles. The third-order valence-electron chi connectivity index (χ3n) is 1.89. The Balaban J connectivity index is 2.23. The monoisotopic (exact) mass is 237 g/mol. The SMILES string of the molecule is CC=CCSc1nc2ccc(O)cc2s1. The summed E-state index contributed by atoms with van der Waals surface area (Å²) in [5.74, 6) is 1.25. The number of hydrogen-bond acceptors (Lipinski definition) is 4. The van der Waals surface area contributed by atoms with Crippen LogP contribution in [0, 0.1) is 0 Å². The van der Waals surface area contributed by atoms with E-state index in [9.17, 15) is 5.11 Å². The molecule has 4 heteroatoms. The summed E-state index contributed by atoms with van der Waals surface area (Å²) in [4.78, 5) is 4.46. The summed E-state index contributed by atoms with van der Waals surface area (Å²) in [7, 11) is 0. The van der Waals surface area contributed by atoms with Crippen LogP contribution in [0.3, 0.4) is 0 Å². The van der Waals surface area contributed by atoms with Gasteiger partial charge in [-0.3, -0.25) is 0 Å². The van der Waals surface area contributed by atoms with Crippen molar-refractivity contribution in [2.24, 2.45) is 0 Å². The van der Waals surface area contributed by atoms with Crippen molar-refractivity contribution in [2.45, 2.75) is 11.3 Å². The first-order valence-corrected chi connectivity index (χ1v) is 6.43.